The van der Waals surface area contributed by atoms with Crippen molar-refractivity contribution in [3.63, 3.8) is 0 Å². The fraction of sp³-hybridized carbons (Fsp3) is 0.250. The van der Waals surface area contributed by atoms with Crippen LogP contribution in [0.5, 0.6) is 0 Å². The molecular formula is C8H9F2N3O. The lowest BCUT2D eigenvalue weighted by atomic mass is 10.2. The van der Waals surface area contributed by atoms with Crippen LogP contribution in [0.2, 0.25) is 0 Å². The molecule has 0 saturated heterocycles. The number of hydrogen-bond donors (Lipinski definition) is 2. The highest BCUT2D eigenvalue weighted by Crippen LogP contribution is 2.11. The van der Waals surface area contributed by atoms with Gasteiger partial charge in [-0.25, -0.2) is 13.8 Å². The maximum Gasteiger partial charge on any atom is 0.254 e. The summed E-state index contributed by atoms with van der Waals surface area (Å²) in [6, 6.07) is 1.18. The van der Waals surface area contributed by atoms with Crippen LogP contribution in [-0.4, -0.2) is 24.1 Å². The zero-order valence-corrected chi connectivity index (χ0v) is 7.26. The smallest absolute Gasteiger partial charge is 0.254 e. The van der Waals surface area contributed by atoms with E-state index < -0.39 is 18.4 Å². The van der Waals surface area contributed by atoms with Crippen molar-refractivity contribution in [3.8, 4) is 0 Å². The lowest BCUT2D eigenvalue weighted by molar-refractivity contribution is 0.0946. The summed E-state index contributed by atoms with van der Waals surface area (Å²) in [7, 11) is 0. The second kappa shape index (κ2) is 4.50. The standard InChI is InChI=1S/C8H9F2N3O/c9-2-4-13-8(14)5-1-3-12-7(11)6(5)10/h1,3H,2,4H2,(H2,11,12)(H,13,14). The number of nitrogens with two attached hydrogens (primary N) is 1. The molecule has 4 nitrogen and oxygen atoms in total. The highest BCUT2D eigenvalue weighted by atomic mass is 19.1. The minimum absolute atomic E-state index is 0.152. The highest BCUT2D eigenvalue weighted by Gasteiger charge is 2.13. The summed E-state index contributed by atoms with van der Waals surface area (Å²) in [4.78, 5) is 14.6. The first-order valence-electron chi connectivity index (χ1n) is 3.91. The van der Waals surface area contributed by atoms with E-state index in [9.17, 15) is 13.6 Å². The SMILES string of the molecule is Nc1nccc(C(=O)NCCF)c1F. The van der Waals surface area contributed by atoms with E-state index in [2.05, 4.69) is 10.3 Å². The van der Waals surface area contributed by atoms with Crippen LogP contribution in [-0.2, 0) is 0 Å². The largest absolute Gasteiger partial charge is 0.381 e. The quantitative estimate of drug-likeness (QED) is 0.748. The number of carbonyl (C=O) groups is 1. The Bertz CT molecular complexity index is 343. The number of rotatable bonds is 3. The molecule has 1 rings (SSSR count). The number of hydrogen-bond acceptors (Lipinski definition) is 3. The van der Waals surface area contributed by atoms with E-state index in [0.29, 0.717) is 0 Å². The Morgan fingerprint density at radius 3 is 3.00 bits per heavy atom. The van der Waals surface area contributed by atoms with Gasteiger partial charge < -0.3 is 11.1 Å². The van der Waals surface area contributed by atoms with E-state index in [1.54, 1.807) is 0 Å². The summed E-state index contributed by atoms with van der Waals surface area (Å²) in [5.41, 5.74) is 4.92. The molecule has 0 fully saturated rings. The fourth-order valence-corrected chi connectivity index (χ4v) is 0.891. The third-order valence-electron chi connectivity index (χ3n) is 1.54. The fourth-order valence-electron chi connectivity index (χ4n) is 0.891. The number of nitrogen functional groups attached to an aromatic ring is 1. The number of aromatic nitrogens is 1. The Hall–Kier alpha value is -1.72. The van der Waals surface area contributed by atoms with Crippen molar-refractivity contribution in [3.05, 3.63) is 23.6 Å². The van der Waals surface area contributed by atoms with Crippen molar-refractivity contribution in [2.24, 2.45) is 0 Å². The minimum Gasteiger partial charge on any atom is -0.381 e. The van der Waals surface area contributed by atoms with E-state index in [1.165, 1.54) is 12.3 Å². The van der Waals surface area contributed by atoms with Crippen LogP contribution >= 0.6 is 0 Å². The van der Waals surface area contributed by atoms with Gasteiger partial charge in [0.2, 0.25) is 0 Å². The van der Waals surface area contributed by atoms with Gasteiger partial charge in [0.25, 0.3) is 5.91 Å². The van der Waals surface area contributed by atoms with Crippen molar-refractivity contribution in [2.75, 3.05) is 19.0 Å². The lowest BCUT2D eigenvalue weighted by Crippen LogP contribution is -2.26. The van der Waals surface area contributed by atoms with Crippen LogP contribution in [0.15, 0.2) is 12.3 Å². The average molecular weight is 201 g/mol. The maximum atomic E-state index is 13.1. The number of nitrogens with one attached hydrogen (secondary N) is 1. The zero-order valence-electron chi connectivity index (χ0n) is 7.26. The summed E-state index contributed by atoms with van der Waals surface area (Å²) in [5.74, 6) is -1.93. The highest BCUT2D eigenvalue weighted by molar-refractivity contribution is 5.95. The van der Waals surface area contributed by atoms with Gasteiger partial charge in [-0.05, 0) is 6.07 Å². The Kier molecular flexibility index (Phi) is 3.33. The molecule has 76 valence electrons. The van der Waals surface area contributed by atoms with Gasteiger partial charge >= 0.3 is 0 Å². The van der Waals surface area contributed by atoms with Crippen LogP contribution in [0.3, 0.4) is 0 Å². The average Bonchev–Trinajstić information content (AvgIpc) is 2.18. The van der Waals surface area contributed by atoms with E-state index in [-0.39, 0.29) is 17.9 Å². The number of carbonyl (C=O) groups excluding carboxylic acids is 1. The molecule has 14 heavy (non-hydrogen) atoms. The third kappa shape index (κ3) is 2.15. The number of alkyl halides is 1. The number of amides is 1. The summed E-state index contributed by atoms with van der Waals surface area (Å²) in [6.45, 7) is -0.853. The molecule has 0 aliphatic rings. The topological polar surface area (TPSA) is 68.0 Å². The van der Waals surface area contributed by atoms with E-state index in [0.717, 1.165) is 0 Å². The lowest BCUT2D eigenvalue weighted by Gasteiger charge is -2.04. The van der Waals surface area contributed by atoms with E-state index in [4.69, 9.17) is 5.73 Å². The minimum atomic E-state index is -0.885. The molecule has 0 aliphatic carbocycles. The molecule has 6 heteroatoms. The first-order chi connectivity index (χ1) is 6.66. The van der Waals surface area contributed by atoms with Crippen molar-refractivity contribution in [1.82, 2.24) is 10.3 Å². The van der Waals surface area contributed by atoms with Crippen LogP contribution in [0, 0.1) is 5.82 Å². The number of nitrogens with zero attached hydrogens (tertiary/aromatic N) is 1. The Morgan fingerprint density at radius 2 is 2.36 bits per heavy atom. The van der Waals surface area contributed by atoms with Crippen molar-refractivity contribution in [1.29, 1.82) is 0 Å². The van der Waals surface area contributed by atoms with Crippen LogP contribution < -0.4 is 11.1 Å². The molecule has 3 N–H and O–H groups in total. The van der Waals surface area contributed by atoms with E-state index >= 15 is 0 Å². The molecule has 1 aromatic rings. The number of anilines is 1. The van der Waals surface area contributed by atoms with Crippen molar-refractivity contribution < 1.29 is 13.6 Å². The molecule has 0 saturated carbocycles. The Balaban J connectivity index is 2.84. The van der Waals surface area contributed by atoms with Gasteiger partial charge in [-0.2, -0.15) is 0 Å². The van der Waals surface area contributed by atoms with Crippen molar-refractivity contribution >= 4 is 11.7 Å². The Morgan fingerprint density at radius 1 is 1.64 bits per heavy atom. The molecule has 0 radical (unpaired) electrons. The zero-order chi connectivity index (χ0) is 10.6. The maximum absolute atomic E-state index is 13.1. The first kappa shape index (κ1) is 10.4. The molecule has 0 aromatic carbocycles. The van der Waals surface area contributed by atoms with Gasteiger partial charge in [0.15, 0.2) is 11.6 Å². The molecular weight excluding hydrogens is 192 g/mol. The molecule has 0 spiro atoms. The summed E-state index contributed by atoms with van der Waals surface area (Å²) in [6.07, 6.45) is 1.21. The van der Waals surface area contributed by atoms with E-state index in [1.807, 2.05) is 0 Å². The van der Waals surface area contributed by atoms with Crippen LogP contribution in [0.4, 0.5) is 14.6 Å². The Labute approximate surface area is 79.1 Å². The molecule has 1 aromatic heterocycles. The number of pyridine rings is 1. The first-order valence-corrected chi connectivity index (χ1v) is 3.91. The van der Waals surface area contributed by atoms with Gasteiger partial charge in [-0.15, -0.1) is 0 Å². The molecule has 0 unspecified atom stereocenters. The van der Waals surface area contributed by atoms with Gasteiger partial charge in [0.05, 0.1) is 5.56 Å². The summed E-state index contributed by atoms with van der Waals surface area (Å²) < 4.78 is 24.8. The predicted octanol–water partition coefficient (Wildman–Crippen LogP) is 0.502. The second-order valence-electron chi connectivity index (χ2n) is 2.50. The number of halogens is 2. The van der Waals surface area contributed by atoms with Gasteiger partial charge in [-0.1, -0.05) is 0 Å². The molecule has 1 amide bonds. The van der Waals surface area contributed by atoms with Crippen molar-refractivity contribution in [2.45, 2.75) is 0 Å². The third-order valence-corrected chi connectivity index (χ3v) is 1.54. The summed E-state index contributed by atoms with van der Waals surface area (Å²) in [5, 5.41) is 2.18. The van der Waals surface area contributed by atoms with Gasteiger partial charge in [0, 0.05) is 12.7 Å². The normalized spacial score (nSPS) is 9.86. The molecule has 1 heterocycles. The molecule has 0 bridgehead atoms. The molecule has 0 aliphatic heterocycles. The predicted molar refractivity (Wildman–Crippen MR) is 46.9 cm³/mol. The summed E-state index contributed by atoms with van der Waals surface area (Å²) >= 11 is 0. The van der Waals surface area contributed by atoms with Crippen LogP contribution in [0.1, 0.15) is 10.4 Å². The van der Waals surface area contributed by atoms with Gasteiger partial charge in [0.1, 0.15) is 6.67 Å². The van der Waals surface area contributed by atoms with Gasteiger partial charge in [-0.3, -0.25) is 4.79 Å². The second-order valence-corrected chi connectivity index (χ2v) is 2.50. The molecule has 0 atom stereocenters. The monoisotopic (exact) mass is 201 g/mol. The van der Waals surface area contributed by atoms with Crippen LogP contribution in [0.25, 0.3) is 0 Å².